The molecule has 140 valence electrons. The molecule has 0 unspecified atom stereocenters. The average molecular weight is 357 g/mol. The number of hydrogen-bond donors (Lipinski definition) is 1. The molecule has 2 aromatic heterocycles. The molecule has 0 aromatic carbocycles. The fraction of sp³-hybridized carbons (Fsp3) is 0.667. The van der Waals surface area contributed by atoms with Crippen LogP contribution in [0, 0.1) is 6.92 Å². The lowest BCUT2D eigenvalue weighted by atomic mass is 9.96. The molecule has 1 atom stereocenters. The van der Waals surface area contributed by atoms with Gasteiger partial charge in [0.1, 0.15) is 17.3 Å². The van der Waals surface area contributed by atoms with Crippen LogP contribution in [0.25, 0.3) is 0 Å². The molecule has 2 aliphatic heterocycles. The van der Waals surface area contributed by atoms with Crippen molar-refractivity contribution in [2.45, 2.75) is 45.1 Å². The van der Waals surface area contributed by atoms with E-state index in [2.05, 4.69) is 36.7 Å². The molecule has 0 saturated carbocycles. The van der Waals surface area contributed by atoms with Crippen molar-refractivity contribution >= 4 is 5.91 Å². The van der Waals surface area contributed by atoms with Crippen molar-refractivity contribution in [3.05, 3.63) is 29.4 Å². The summed E-state index contributed by atoms with van der Waals surface area (Å²) in [5, 5.41) is 8.92. The van der Waals surface area contributed by atoms with E-state index in [1.54, 1.807) is 6.33 Å². The number of amides is 1. The van der Waals surface area contributed by atoms with Crippen LogP contribution >= 0.6 is 0 Å². The lowest BCUT2D eigenvalue weighted by molar-refractivity contribution is 0.0697. The first-order valence-corrected chi connectivity index (χ1v) is 9.53. The molecule has 0 aliphatic carbocycles. The highest BCUT2D eigenvalue weighted by Gasteiger charge is 2.30. The Bertz CT molecular complexity index is 774. The molecule has 4 heterocycles. The second-order valence-corrected chi connectivity index (χ2v) is 7.48. The molecule has 2 saturated heterocycles. The number of H-pyrrole nitrogens is 1. The summed E-state index contributed by atoms with van der Waals surface area (Å²) in [5.74, 6) is 2.26. The summed E-state index contributed by atoms with van der Waals surface area (Å²) in [6.07, 6.45) is 6.15. The normalized spacial score (nSPS) is 21.5. The van der Waals surface area contributed by atoms with Crippen molar-refractivity contribution in [2.75, 3.05) is 26.2 Å². The summed E-state index contributed by atoms with van der Waals surface area (Å²) in [6.45, 7) is 6.51. The van der Waals surface area contributed by atoms with Crippen LogP contribution in [0.15, 0.2) is 6.33 Å². The first kappa shape index (κ1) is 17.2. The summed E-state index contributed by atoms with van der Waals surface area (Å²) in [6, 6.07) is 0. The van der Waals surface area contributed by atoms with E-state index in [9.17, 15) is 4.79 Å². The molecular formula is C18H27N7O. The number of imidazole rings is 1. The van der Waals surface area contributed by atoms with Crippen molar-refractivity contribution in [2.24, 2.45) is 7.05 Å². The Balaban J connectivity index is 1.47. The summed E-state index contributed by atoms with van der Waals surface area (Å²) >= 11 is 0. The van der Waals surface area contributed by atoms with Crippen molar-refractivity contribution in [1.82, 2.24) is 34.5 Å². The Kier molecular flexibility index (Phi) is 4.76. The summed E-state index contributed by atoms with van der Waals surface area (Å²) in [7, 11) is 2.05. The van der Waals surface area contributed by atoms with E-state index in [4.69, 9.17) is 0 Å². The molecule has 2 aromatic rings. The number of hydrogen-bond acceptors (Lipinski definition) is 5. The Morgan fingerprint density at radius 2 is 2.04 bits per heavy atom. The molecule has 0 radical (unpaired) electrons. The molecule has 0 bridgehead atoms. The monoisotopic (exact) mass is 357 g/mol. The van der Waals surface area contributed by atoms with Crippen LogP contribution in [0.3, 0.4) is 0 Å². The first-order chi connectivity index (χ1) is 12.6. The van der Waals surface area contributed by atoms with Crippen LogP contribution in [-0.2, 0) is 13.6 Å². The maximum atomic E-state index is 12.8. The summed E-state index contributed by atoms with van der Waals surface area (Å²) in [4.78, 5) is 24.3. The van der Waals surface area contributed by atoms with Gasteiger partial charge in [0, 0.05) is 31.7 Å². The SMILES string of the molecule is Cc1[nH]cnc1C(=O)N1CCC[C@@H](c2nnc(CN3CCCC3)n2C)C1. The number of rotatable bonds is 4. The second-order valence-electron chi connectivity index (χ2n) is 7.48. The molecular weight excluding hydrogens is 330 g/mol. The van der Waals surface area contributed by atoms with Gasteiger partial charge >= 0.3 is 0 Å². The standard InChI is InChI=1S/C18H27N7O/c1-13-16(20-12-19-13)18(26)25-9-5-6-14(10-25)17-22-21-15(23(17)2)11-24-7-3-4-8-24/h12,14H,3-11H2,1-2H3,(H,19,20)/t14-/m1/s1. The number of aromatic nitrogens is 5. The highest BCUT2D eigenvalue weighted by atomic mass is 16.2. The highest BCUT2D eigenvalue weighted by molar-refractivity contribution is 5.93. The number of likely N-dealkylation sites (tertiary alicyclic amines) is 2. The number of aryl methyl sites for hydroxylation is 1. The van der Waals surface area contributed by atoms with Gasteiger partial charge in [-0.15, -0.1) is 10.2 Å². The molecule has 2 fully saturated rings. The fourth-order valence-electron chi connectivity index (χ4n) is 4.11. The van der Waals surface area contributed by atoms with Crippen molar-refractivity contribution in [3.8, 4) is 0 Å². The molecule has 8 nitrogen and oxygen atoms in total. The maximum Gasteiger partial charge on any atom is 0.274 e. The predicted molar refractivity (Wildman–Crippen MR) is 96.7 cm³/mol. The van der Waals surface area contributed by atoms with E-state index in [0.717, 1.165) is 56.4 Å². The van der Waals surface area contributed by atoms with E-state index in [1.165, 1.54) is 12.8 Å². The number of carbonyl (C=O) groups is 1. The van der Waals surface area contributed by atoms with Gasteiger partial charge < -0.3 is 14.5 Å². The molecule has 26 heavy (non-hydrogen) atoms. The van der Waals surface area contributed by atoms with Crippen LogP contribution in [0.4, 0.5) is 0 Å². The Hall–Kier alpha value is -2.22. The van der Waals surface area contributed by atoms with E-state index in [-0.39, 0.29) is 11.8 Å². The van der Waals surface area contributed by atoms with Gasteiger partial charge in [0.2, 0.25) is 0 Å². The van der Waals surface area contributed by atoms with Crippen molar-refractivity contribution < 1.29 is 4.79 Å². The molecule has 1 N–H and O–H groups in total. The van der Waals surface area contributed by atoms with Crippen LogP contribution in [0.2, 0.25) is 0 Å². The third kappa shape index (κ3) is 3.25. The number of aromatic amines is 1. The number of nitrogens with zero attached hydrogens (tertiary/aromatic N) is 6. The fourth-order valence-corrected chi connectivity index (χ4v) is 4.11. The molecule has 2 aliphatic rings. The maximum absolute atomic E-state index is 12.8. The van der Waals surface area contributed by atoms with Gasteiger partial charge in [0.25, 0.3) is 5.91 Å². The van der Waals surface area contributed by atoms with Gasteiger partial charge in [0.05, 0.1) is 12.9 Å². The van der Waals surface area contributed by atoms with E-state index in [1.807, 2.05) is 11.8 Å². The lowest BCUT2D eigenvalue weighted by Crippen LogP contribution is -2.40. The smallest absolute Gasteiger partial charge is 0.274 e. The van der Waals surface area contributed by atoms with Crippen LogP contribution in [-0.4, -0.2) is 66.6 Å². The molecule has 8 heteroatoms. The lowest BCUT2D eigenvalue weighted by Gasteiger charge is -2.32. The van der Waals surface area contributed by atoms with Crippen LogP contribution in [0.1, 0.15) is 59.4 Å². The Labute approximate surface area is 153 Å². The Morgan fingerprint density at radius 3 is 2.77 bits per heavy atom. The molecule has 4 rings (SSSR count). The minimum absolute atomic E-state index is 0.00732. The van der Waals surface area contributed by atoms with Gasteiger partial charge in [-0.1, -0.05) is 0 Å². The largest absolute Gasteiger partial charge is 0.348 e. The van der Waals surface area contributed by atoms with Gasteiger partial charge in [-0.2, -0.15) is 0 Å². The summed E-state index contributed by atoms with van der Waals surface area (Å²) < 4.78 is 2.14. The van der Waals surface area contributed by atoms with E-state index in [0.29, 0.717) is 12.2 Å². The first-order valence-electron chi connectivity index (χ1n) is 9.53. The van der Waals surface area contributed by atoms with Crippen LogP contribution in [0.5, 0.6) is 0 Å². The number of piperidine rings is 1. The number of nitrogens with one attached hydrogen (secondary N) is 1. The summed E-state index contributed by atoms with van der Waals surface area (Å²) in [5.41, 5.74) is 1.35. The van der Waals surface area contributed by atoms with E-state index < -0.39 is 0 Å². The van der Waals surface area contributed by atoms with Gasteiger partial charge in [-0.3, -0.25) is 9.69 Å². The van der Waals surface area contributed by atoms with Gasteiger partial charge in [-0.25, -0.2) is 4.98 Å². The van der Waals surface area contributed by atoms with Gasteiger partial charge in [0.15, 0.2) is 0 Å². The highest BCUT2D eigenvalue weighted by Crippen LogP contribution is 2.27. The quantitative estimate of drug-likeness (QED) is 0.896. The zero-order valence-corrected chi connectivity index (χ0v) is 15.6. The van der Waals surface area contributed by atoms with Gasteiger partial charge in [-0.05, 0) is 45.7 Å². The number of carbonyl (C=O) groups excluding carboxylic acids is 1. The third-order valence-corrected chi connectivity index (χ3v) is 5.67. The minimum Gasteiger partial charge on any atom is -0.348 e. The molecule has 1 amide bonds. The zero-order chi connectivity index (χ0) is 18.1. The van der Waals surface area contributed by atoms with Crippen molar-refractivity contribution in [1.29, 1.82) is 0 Å². The van der Waals surface area contributed by atoms with Crippen LogP contribution < -0.4 is 0 Å². The Morgan fingerprint density at radius 1 is 1.23 bits per heavy atom. The minimum atomic E-state index is 0.00732. The second kappa shape index (κ2) is 7.19. The zero-order valence-electron chi connectivity index (χ0n) is 15.6. The topological polar surface area (TPSA) is 82.9 Å². The average Bonchev–Trinajstić information content (AvgIpc) is 3.38. The molecule has 0 spiro atoms. The predicted octanol–water partition coefficient (Wildman–Crippen LogP) is 1.46. The van der Waals surface area contributed by atoms with Crippen molar-refractivity contribution in [3.63, 3.8) is 0 Å². The third-order valence-electron chi connectivity index (χ3n) is 5.67. The van der Waals surface area contributed by atoms with E-state index >= 15 is 0 Å².